The summed E-state index contributed by atoms with van der Waals surface area (Å²) in [5, 5.41) is 14.7. The summed E-state index contributed by atoms with van der Waals surface area (Å²) in [6, 6.07) is 10.1. The molecule has 3 rings (SSSR count). The molecule has 0 unspecified atom stereocenters. The van der Waals surface area contributed by atoms with Crippen molar-refractivity contribution in [1.29, 1.82) is 0 Å². The van der Waals surface area contributed by atoms with Gasteiger partial charge in [0.05, 0.1) is 11.3 Å². The molecule has 0 saturated heterocycles. The summed E-state index contributed by atoms with van der Waals surface area (Å²) in [6.45, 7) is 1.82. The van der Waals surface area contributed by atoms with Gasteiger partial charge in [-0.25, -0.2) is 9.78 Å². The molecule has 0 radical (unpaired) electrons. The number of benzene rings is 1. The Morgan fingerprint density at radius 2 is 1.96 bits per heavy atom. The largest absolute Gasteiger partial charge is 0.478 e. The Morgan fingerprint density at radius 3 is 2.59 bits per heavy atom. The molecule has 3 N–H and O–H groups in total. The Labute approximate surface area is 156 Å². The van der Waals surface area contributed by atoms with E-state index in [1.165, 1.54) is 12.1 Å². The van der Waals surface area contributed by atoms with Gasteiger partial charge in [-0.1, -0.05) is 18.6 Å². The second-order valence-corrected chi connectivity index (χ2v) is 6.63. The number of carbonyl (C=O) groups excluding carboxylic acids is 2. The fraction of sp³-hybridized carbons (Fsp3) is 0.300. The molecule has 7 nitrogen and oxygen atoms in total. The van der Waals surface area contributed by atoms with Crippen LogP contribution < -0.4 is 10.6 Å². The molecule has 0 aliphatic heterocycles. The van der Waals surface area contributed by atoms with Crippen LogP contribution in [0.1, 0.15) is 51.4 Å². The Kier molecular flexibility index (Phi) is 5.49. The van der Waals surface area contributed by atoms with Crippen molar-refractivity contribution < 1.29 is 19.5 Å². The quantitative estimate of drug-likeness (QED) is 0.727. The molecule has 1 fully saturated rings. The number of pyridine rings is 1. The SMILES string of the molecule is Cc1nc(C(=O)NCc2cccc(NC(=O)C3CCC3)c2)ccc1C(=O)O. The number of amides is 2. The van der Waals surface area contributed by atoms with Gasteiger partial charge in [0.1, 0.15) is 5.69 Å². The third-order valence-corrected chi connectivity index (χ3v) is 4.67. The number of carboxylic acid groups (broad SMARTS) is 1. The van der Waals surface area contributed by atoms with E-state index in [-0.39, 0.29) is 41.2 Å². The van der Waals surface area contributed by atoms with Crippen molar-refractivity contribution in [3.8, 4) is 0 Å². The Hall–Kier alpha value is -3.22. The summed E-state index contributed by atoms with van der Waals surface area (Å²) in [4.78, 5) is 39.4. The Morgan fingerprint density at radius 1 is 1.19 bits per heavy atom. The number of carbonyl (C=O) groups is 3. The van der Waals surface area contributed by atoms with Gasteiger partial charge in [-0.15, -0.1) is 0 Å². The lowest BCUT2D eigenvalue weighted by atomic mass is 9.85. The molecule has 1 aromatic carbocycles. The van der Waals surface area contributed by atoms with Gasteiger partial charge in [0.25, 0.3) is 5.91 Å². The van der Waals surface area contributed by atoms with Crippen LogP contribution in [0.15, 0.2) is 36.4 Å². The lowest BCUT2D eigenvalue weighted by Crippen LogP contribution is -2.28. The molecule has 0 spiro atoms. The number of carboxylic acids is 1. The van der Waals surface area contributed by atoms with Gasteiger partial charge in [0.2, 0.25) is 5.91 Å². The molecule has 1 heterocycles. The lowest BCUT2D eigenvalue weighted by Gasteiger charge is -2.24. The second kappa shape index (κ2) is 7.99. The van der Waals surface area contributed by atoms with E-state index >= 15 is 0 Å². The zero-order valence-corrected chi connectivity index (χ0v) is 15.0. The first-order chi connectivity index (χ1) is 12.9. The van der Waals surface area contributed by atoms with Crippen molar-refractivity contribution in [3.63, 3.8) is 0 Å². The van der Waals surface area contributed by atoms with Gasteiger partial charge in [0, 0.05) is 18.2 Å². The van der Waals surface area contributed by atoms with E-state index in [0.717, 1.165) is 24.8 Å². The molecule has 2 aromatic rings. The summed E-state index contributed by atoms with van der Waals surface area (Å²) < 4.78 is 0. The van der Waals surface area contributed by atoms with E-state index in [2.05, 4.69) is 15.6 Å². The zero-order chi connectivity index (χ0) is 19.4. The first-order valence-electron chi connectivity index (χ1n) is 8.83. The normalized spacial score (nSPS) is 13.5. The molecule has 0 atom stereocenters. The molecule has 1 aliphatic rings. The van der Waals surface area contributed by atoms with Crippen LogP contribution in [0.25, 0.3) is 0 Å². The minimum absolute atomic E-state index is 0.0423. The average Bonchev–Trinajstić information content (AvgIpc) is 2.58. The summed E-state index contributed by atoms with van der Waals surface area (Å²) in [6.07, 6.45) is 2.98. The number of hydrogen-bond acceptors (Lipinski definition) is 4. The number of aromatic carboxylic acids is 1. The van der Waals surface area contributed by atoms with Crippen LogP contribution in [-0.4, -0.2) is 27.9 Å². The second-order valence-electron chi connectivity index (χ2n) is 6.63. The molecular formula is C20H21N3O4. The predicted molar refractivity (Wildman–Crippen MR) is 99.5 cm³/mol. The van der Waals surface area contributed by atoms with Gasteiger partial charge < -0.3 is 15.7 Å². The fourth-order valence-electron chi connectivity index (χ4n) is 2.86. The lowest BCUT2D eigenvalue weighted by molar-refractivity contribution is -0.122. The molecule has 1 aromatic heterocycles. The molecule has 7 heteroatoms. The summed E-state index contributed by atoms with van der Waals surface area (Å²) in [5.41, 5.74) is 2.07. The first-order valence-corrected chi connectivity index (χ1v) is 8.83. The summed E-state index contributed by atoms with van der Waals surface area (Å²) in [5.74, 6) is -1.32. The standard InChI is InChI=1S/C20H21N3O4/c1-12-16(20(26)27)8-9-17(22-12)19(25)21-11-13-4-2-7-15(10-13)23-18(24)14-5-3-6-14/h2,4,7-10,14H,3,5-6,11H2,1H3,(H,21,25)(H,23,24)(H,26,27). The van der Waals surface area contributed by atoms with E-state index in [1.807, 2.05) is 24.3 Å². The van der Waals surface area contributed by atoms with Crippen LogP contribution in [0.3, 0.4) is 0 Å². The van der Waals surface area contributed by atoms with E-state index in [1.54, 1.807) is 6.92 Å². The maximum absolute atomic E-state index is 12.3. The highest BCUT2D eigenvalue weighted by Gasteiger charge is 2.25. The molecule has 0 bridgehead atoms. The summed E-state index contributed by atoms with van der Waals surface area (Å²) in [7, 11) is 0. The Bertz CT molecular complexity index is 891. The third-order valence-electron chi connectivity index (χ3n) is 4.67. The number of aryl methyl sites for hydroxylation is 1. The number of rotatable bonds is 6. The van der Waals surface area contributed by atoms with Gasteiger partial charge >= 0.3 is 5.97 Å². The highest BCUT2D eigenvalue weighted by molar-refractivity contribution is 5.94. The van der Waals surface area contributed by atoms with E-state index in [0.29, 0.717) is 5.69 Å². The third kappa shape index (κ3) is 4.49. The number of nitrogens with one attached hydrogen (secondary N) is 2. The number of aromatic nitrogens is 1. The van der Waals surface area contributed by atoms with Crippen molar-refractivity contribution >= 4 is 23.5 Å². The van der Waals surface area contributed by atoms with Crippen molar-refractivity contribution in [3.05, 3.63) is 58.9 Å². The van der Waals surface area contributed by atoms with Crippen LogP contribution in [0.5, 0.6) is 0 Å². The molecule has 2 amide bonds. The summed E-state index contributed by atoms with van der Waals surface area (Å²) >= 11 is 0. The highest BCUT2D eigenvalue weighted by Crippen LogP contribution is 2.27. The minimum atomic E-state index is -1.08. The zero-order valence-electron chi connectivity index (χ0n) is 15.0. The highest BCUT2D eigenvalue weighted by atomic mass is 16.4. The number of nitrogens with zero attached hydrogens (tertiary/aromatic N) is 1. The Balaban J connectivity index is 1.60. The molecule has 1 aliphatic carbocycles. The maximum atomic E-state index is 12.3. The van der Waals surface area contributed by atoms with Gasteiger partial charge in [0.15, 0.2) is 0 Å². The van der Waals surface area contributed by atoms with Crippen LogP contribution in [0.2, 0.25) is 0 Å². The predicted octanol–water partition coefficient (Wildman–Crippen LogP) is 2.76. The maximum Gasteiger partial charge on any atom is 0.337 e. The average molecular weight is 367 g/mol. The molecule has 140 valence electrons. The topological polar surface area (TPSA) is 108 Å². The van der Waals surface area contributed by atoms with Crippen molar-refractivity contribution in [1.82, 2.24) is 10.3 Å². The van der Waals surface area contributed by atoms with Gasteiger partial charge in [-0.05, 0) is 49.6 Å². The van der Waals surface area contributed by atoms with Crippen LogP contribution in [0.4, 0.5) is 5.69 Å². The van der Waals surface area contributed by atoms with E-state index < -0.39 is 5.97 Å². The van der Waals surface area contributed by atoms with Crippen LogP contribution in [0, 0.1) is 12.8 Å². The minimum Gasteiger partial charge on any atom is -0.478 e. The van der Waals surface area contributed by atoms with Crippen molar-refractivity contribution in [2.75, 3.05) is 5.32 Å². The van der Waals surface area contributed by atoms with Gasteiger partial charge in [-0.2, -0.15) is 0 Å². The molecule has 27 heavy (non-hydrogen) atoms. The molecular weight excluding hydrogens is 346 g/mol. The van der Waals surface area contributed by atoms with E-state index in [4.69, 9.17) is 5.11 Å². The number of hydrogen-bond donors (Lipinski definition) is 3. The van der Waals surface area contributed by atoms with Crippen LogP contribution >= 0.6 is 0 Å². The monoisotopic (exact) mass is 367 g/mol. The first kappa shape index (κ1) is 18.6. The molecule has 1 saturated carbocycles. The van der Waals surface area contributed by atoms with Gasteiger partial charge in [-0.3, -0.25) is 9.59 Å². The smallest absolute Gasteiger partial charge is 0.337 e. The van der Waals surface area contributed by atoms with Crippen LogP contribution in [-0.2, 0) is 11.3 Å². The fourth-order valence-corrected chi connectivity index (χ4v) is 2.86. The van der Waals surface area contributed by atoms with Crippen molar-refractivity contribution in [2.24, 2.45) is 5.92 Å². The van der Waals surface area contributed by atoms with Crippen molar-refractivity contribution in [2.45, 2.75) is 32.7 Å². The number of anilines is 1. The van der Waals surface area contributed by atoms with E-state index in [9.17, 15) is 14.4 Å².